The molecule has 0 aliphatic rings. The molecule has 0 fully saturated rings. The predicted molar refractivity (Wildman–Crippen MR) is 80.1 cm³/mol. The molecule has 3 rings (SSSR count). The maximum atomic E-state index is 11.7. The molecule has 0 atom stereocenters. The highest BCUT2D eigenvalue weighted by Gasteiger charge is 2.18. The Morgan fingerprint density at radius 1 is 1.25 bits per heavy atom. The number of nitrogens with zero attached hydrogens (tertiary/aromatic N) is 1. The molecule has 0 aliphatic heterocycles. The summed E-state index contributed by atoms with van der Waals surface area (Å²) in [6.07, 6.45) is 1.71. The second-order valence-electron chi connectivity index (χ2n) is 4.26. The van der Waals surface area contributed by atoms with Gasteiger partial charge in [-0.3, -0.25) is 4.79 Å². The minimum absolute atomic E-state index is 0.432. The summed E-state index contributed by atoms with van der Waals surface area (Å²) in [6, 6.07) is 11.4. The van der Waals surface area contributed by atoms with Crippen LogP contribution in [-0.4, -0.2) is 18.0 Å². The third kappa shape index (κ3) is 2.02. The number of hydrogen-bond acceptors (Lipinski definition) is 4. The molecular formula is C15H12N2O2S. The van der Waals surface area contributed by atoms with Crippen molar-refractivity contribution in [1.82, 2.24) is 4.98 Å². The van der Waals surface area contributed by atoms with E-state index in [1.165, 1.54) is 11.3 Å². The number of pyridine rings is 1. The Hall–Kier alpha value is -2.40. The van der Waals surface area contributed by atoms with Crippen LogP contribution in [0, 0.1) is 0 Å². The maximum absolute atomic E-state index is 11.7. The van der Waals surface area contributed by atoms with Crippen LogP contribution in [0.25, 0.3) is 21.3 Å². The van der Waals surface area contributed by atoms with Gasteiger partial charge in [-0.2, -0.15) is 0 Å². The minimum Gasteiger partial charge on any atom is -0.497 e. The summed E-state index contributed by atoms with van der Waals surface area (Å²) in [7, 11) is 1.62. The number of fused-ring (bicyclic) bond motifs is 1. The van der Waals surface area contributed by atoms with E-state index in [-0.39, 0.29) is 0 Å². The van der Waals surface area contributed by atoms with E-state index in [1.807, 2.05) is 36.4 Å². The number of ether oxygens (including phenoxy) is 1. The first kappa shape index (κ1) is 12.6. The zero-order valence-corrected chi connectivity index (χ0v) is 11.6. The molecule has 0 radical (unpaired) electrons. The Bertz CT molecular complexity index is 778. The fraction of sp³-hybridized carbons (Fsp3) is 0.0667. The van der Waals surface area contributed by atoms with Gasteiger partial charge in [0.15, 0.2) is 0 Å². The zero-order valence-electron chi connectivity index (χ0n) is 10.8. The van der Waals surface area contributed by atoms with Gasteiger partial charge in [0.2, 0.25) is 0 Å². The van der Waals surface area contributed by atoms with Crippen molar-refractivity contribution in [2.75, 3.05) is 7.11 Å². The van der Waals surface area contributed by atoms with Gasteiger partial charge in [0, 0.05) is 17.1 Å². The molecule has 20 heavy (non-hydrogen) atoms. The molecule has 3 aromatic rings. The second-order valence-corrected chi connectivity index (χ2v) is 5.25. The molecule has 0 aliphatic carbocycles. The number of nitrogens with two attached hydrogens (primary N) is 1. The van der Waals surface area contributed by atoms with E-state index < -0.39 is 5.91 Å². The second kappa shape index (κ2) is 4.94. The molecule has 2 aromatic heterocycles. The number of methoxy groups -OCH3 is 1. The summed E-state index contributed by atoms with van der Waals surface area (Å²) in [4.78, 5) is 17.3. The number of amides is 1. The van der Waals surface area contributed by atoms with Crippen LogP contribution in [0.3, 0.4) is 0 Å². The predicted octanol–water partition coefficient (Wildman–Crippen LogP) is 3.07. The van der Waals surface area contributed by atoms with Gasteiger partial charge >= 0.3 is 0 Å². The number of primary amides is 1. The van der Waals surface area contributed by atoms with Crippen molar-refractivity contribution in [3.63, 3.8) is 0 Å². The van der Waals surface area contributed by atoms with Crippen molar-refractivity contribution in [3.05, 3.63) is 47.5 Å². The van der Waals surface area contributed by atoms with Gasteiger partial charge in [-0.15, -0.1) is 11.3 Å². The van der Waals surface area contributed by atoms with Gasteiger partial charge in [0.25, 0.3) is 5.91 Å². The van der Waals surface area contributed by atoms with E-state index in [1.54, 1.807) is 13.3 Å². The summed E-state index contributed by atoms with van der Waals surface area (Å²) < 4.78 is 5.15. The van der Waals surface area contributed by atoms with E-state index in [4.69, 9.17) is 10.5 Å². The highest BCUT2D eigenvalue weighted by atomic mass is 32.1. The zero-order chi connectivity index (χ0) is 14.1. The number of hydrogen-bond donors (Lipinski definition) is 1. The monoisotopic (exact) mass is 284 g/mol. The topological polar surface area (TPSA) is 65.2 Å². The van der Waals surface area contributed by atoms with Crippen LogP contribution >= 0.6 is 11.3 Å². The van der Waals surface area contributed by atoms with E-state index in [0.29, 0.717) is 4.88 Å². The van der Waals surface area contributed by atoms with Gasteiger partial charge in [0.1, 0.15) is 15.5 Å². The van der Waals surface area contributed by atoms with Gasteiger partial charge in [-0.05, 0) is 29.8 Å². The lowest BCUT2D eigenvalue weighted by molar-refractivity contribution is 0.100. The summed E-state index contributed by atoms with van der Waals surface area (Å²) in [5.41, 5.74) is 7.26. The SMILES string of the molecule is COc1ccc(-c2c(C(N)=O)sc3ncccc23)cc1. The quantitative estimate of drug-likeness (QED) is 0.803. The van der Waals surface area contributed by atoms with E-state index in [0.717, 1.165) is 27.1 Å². The van der Waals surface area contributed by atoms with E-state index >= 15 is 0 Å². The lowest BCUT2D eigenvalue weighted by atomic mass is 10.0. The third-order valence-corrected chi connectivity index (χ3v) is 4.20. The molecule has 0 bridgehead atoms. The Morgan fingerprint density at radius 2 is 2.00 bits per heavy atom. The van der Waals surface area contributed by atoms with Crippen molar-refractivity contribution in [1.29, 1.82) is 0 Å². The van der Waals surface area contributed by atoms with Crippen molar-refractivity contribution in [2.45, 2.75) is 0 Å². The number of aromatic nitrogens is 1. The van der Waals surface area contributed by atoms with Gasteiger partial charge in [-0.25, -0.2) is 4.98 Å². The third-order valence-electron chi connectivity index (χ3n) is 3.07. The van der Waals surface area contributed by atoms with Crippen molar-refractivity contribution in [3.8, 4) is 16.9 Å². The first-order valence-corrected chi connectivity index (χ1v) is 6.84. The van der Waals surface area contributed by atoms with Crippen LogP contribution in [0.1, 0.15) is 9.67 Å². The molecule has 1 amide bonds. The molecule has 100 valence electrons. The number of carbonyl (C=O) groups excluding carboxylic acids is 1. The van der Waals surface area contributed by atoms with Gasteiger partial charge in [0.05, 0.1) is 7.11 Å². The van der Waals surface area contributed by atoms with Crippen LogP contribution in [-0.2, 0) is 0 Å². The molecule has 5 heteroatoms. The Morgan fingerprint density at radius 3 is 2.65 bits per heavy atom. The number of benzene rings is 1. The first-order chi connectivity index (χ1) is 9.70. The average molecular weight is 284 g/mol. The van der Waals surface area contributed by atoms with Gasteiger partial charge in [-0.1, -0.05) is 12.1 Å². The van der Waals surface area contributed by atoms with Crippen LogP contribution in [0.5, 0.6) is 5.75 Å². The van der Waals surface area contributed by atoms with E-state index in [2.05, 4.69) is 4.98 Å². The molecule has 0 saturated carbocycles. The van der Waals surface area contributed by atoms with Crippen LogP contribution < -0.4 is 10.5 Å². The minimum atomic E-state index is -0.432. The smallest absolute Gasteiger partial charge is 0.259 e. The van der Waals surface area contributed by atoms with E-state index in [9.17, 15) is 4.79 Å². The molecular weight excluding hydrogens is 272 g/mol. The van der Waals surface area contributed by atoms with Crippen LogP contribution in [0.4, 0.5) is 0 Å². The molecule has 4 nitrogen and oxygen atoms in total. The molecule has 2 heterocycles. The Labute approximate surface area is 119 Å². The molecule has 0 saturated heterocycles. The fourth-order valence-electron chi connectivity index (χ4n) is 2.15. The van der Waals surface area contributed by atoms with Crippen molar-refractivity contribution >= 4 is 27.5 Å². The highest BCUT2D eigenvalue weighted by Crippen LogP contribution is 2.37. The average Bonchev–Trinajstić information content (AvgIpc) is 2.87. The molecule has 0 spiro atoms. The standard InChI is InChI=1S/C15H12N2O2S/c1-19-10-6-4-9(5-7-10)12-11-3-2-8-17-15(11)20-13(12)14(16)18/h2-8H,1H3,(H2,16,18). The van der Waals surface area contributed by atoms with Gasteiger partial charge < -0.3 is 10.5 Å². The first-order valence-electron chi connectivity index (χ1n) is 6.02. The Kier molecular flexibility index (Phi) is 3.12. The lowest BCUT2D eigenvalue weighted by Crippen LogP contribution is -2.09. The normalized spacial score (nSPS) is 10.7. The Balaban J connectivity index is 2.27. The molecule has 0 unspecified atom stereocenters. The van der Waals surface area contributed by atoms with Crippen LogP contribution in [0.2, 0.25) is 0 Å². The maximum Gasteiger partial charge on any atom is 0.259 e. The summed E-state index contributed by atoms with van der Waals surface area (Å²) in [5, 5.41) is 0.941. The molecule has 1 aromatic carbocycles. The summed E-state index contributed by atoms with van der Waals surface area (Å²) in [5.74, 6) is 0.339. The molecule has 2 N–H and O–H groups in total. The lowest BCUT2D eigenvalue weighted by Gasteiger charge is -2.04. The summed E-state index contributed by atoms with van der Waals surface area (Å²) in [6.45, 7) is 0. The highest BCUT2D eigenvalue weighted by molar-refractivity contribution is 7.21. The summed E-state index contributed by atoms with van der Waals surface area (Å²) >= 11 is 1.32. The number of carbonyl (C=O) groups is 1. The van der Waals surface area contributed by atoms with Crippen LogP contribution in [0.15, 0.2) is 42.6 Å². The fourth-order valence-corrected chi connectivity index (χ4v) is 3.17. The number of thiophene rings is 1. The van der Waals surface area contributed by atoms with Crippen molar-refractivity contribution in [2.24, 2.45) is 5.73 Å². The van der Waals surface area contributed by atoms with Crippen molar-refractivity contribution < 1.29 is 9.53 Å². The largest absolute Gasteiger partial charge is 0.497 e. The number of rotatable bonds is 3.